The highest BCUT2D eigenvalue weighted by Gasteiger charge is 2.19. The standard InChI is InChI=1S/C18H18ClN5O/c19-13-6-12(7-15(25)8-13)18-16(17-3-5-20-11-22-17)10-24(23-18)9-14-2-1-4-21-14/h3,5-8,10-11,14,21,25H,1-2,4,9H2/t14-/m1/s1. The third-order valence-corrected chi connectivity index (χ3v) is 4.56. The quantitative estimate of drug-likeness (QED) is 0.752. The third-order valence-electron chi connectivity index (χ3n) is 4.35. The molecular weight excluding hydrogens is 338 g/mol. The van der Waals surface area contributed by atoms with E-state index in [0.29, 0.717) is 11.1 Å². The Hall–Kier alpha value is -2.44. The molecule has 1 aliphatic heterocycles. The molecule has 25 heavy (non-hydrogen) atoms. The van der Waals surface area contributed by atoms with Crippen molar-refractivity contribution < 1.29 is 5.11 Å². The zero-order chi connectivity index (χ0) is 17.2. The Morgan fingerprint density at radius 3 is 2.96 bits per heavy atom. The van der Waals surface area contributed by atoms with Crippen molar-refractivity contribution in [2.45, 2.75) is 25.4 Å². The van der Waals surface area contributed by atoms with Gasteiger partial charge in [0, 0.05) is 34.6 Å². The smallest absolute Gasteiger partial charge is 0.117 e. The predicted octanol–water partition coefficient (Wildman–Crippen LogP) is 3.12. The molecule has 3 aromatic rings. The van der Waals surface area contributed by atoms with Gasteiger partial charge in [0.25, 0.3) is 0 Å². The number of hydrogen-bond acceptors (Lipinski definition) is 5. The van der Waals surface area contributed by atoms with Crippen LogP contribution in [0.5, 0.6) is 5.75 Å². The molecule has 0 saturated carbocycles. The normalized spacial score (nSPS) is 17.1. The van der Waals surface area contributed by atoms with Gasteiger partial charge in [0.2, 0.25) is 0 Å². The molecule has 0 bridgehead atoms. The van der Waals surface area contributed by atoms with Gasteiger partial charge in [0.1, 0.15) is 17.8 Å². The fourth-order valence-corrected chi connectivity index (χ4v) is 3.44. The van der Waals surface area contributed by atoms with Crippen molar-refractivity contribution in [3.05, 3.63) is 48.0 Å². The van der Waals surface area contributed by atoms with Crippen LogP contribution in [0.25, 0.3) is 22.5 Å². The summed E-state index contributed by atoms with van der Waals surface area (Å²) in [6, 6.07) is 7.25. The van der Waals surface area contributed by atoms with Gasteiger partial charge in [-0.2, -0.15) is 5.10 Å². The van der Waals surface area contributed by atoms with Crippen LogP contribution >= 0.6 is 11.6 Å². The van der Waals surface area contributed by atoms with Crippen LogP contribution in [-0.2, 0) is 6.54 Å². The SMILES string of the molecule is Oc1cc(Cl)cc(-c2nn(C[C@H]3CCCN3)cc2-c2ccncn2)c1. The number of nitrogens with zero attached hydrogens (tertiary/aromatic N) is 4. The van der Waals surface area contributed by atoms with Crippen LogP contribution in [0.4, 0.5) is 0 Å². The summed E-state index contributed by atoms with van der Waals surface area (Å²) in [7, 11) is 0. The van der Waals surface area contributed by atoms with Crippen LogP contribution in [0.1, 0.15) is 12.8 Å². The molecule has 3 heterocycles. The second-order valence-electron chi connectivity index (χ2n) is 6.20. The molecule has 0 amide bonds. The molecule has 4 rings (SSSR count). The van der Waals surface area contributed by atoms with Gasteiger partial charge in [-0.1, -0.05) is 11.6 Å². The zero-order valence-corrected chi connectivity index (χ0v) is 14.3. The number of aromatic nitrogens is 4. The number of rotatable bonds is 4. The summed E-state index contributed by atoms with van der Waals surface area (Å²) in [6.45, 7) is 1.85. The van der Waals surface area contributed by atoms with Gasteiger partial charge >= 0.3 is 0 Å². The minimum atomic E-state index is 0.114. The molecular formula is C18H18ClN5O. The molecule has 6 nitrogen and oxygen atoms in total. The van der Waals surface area contributed by atoms with E-state index in [9.17, 15) is 5.11 Å². The average Bonchev–Trinajstić information content (AvgIpc) is 3.25. The van der Waals surface area contributed by atoms with Crippen LogP contribution in [0.3, 0.4) is 0 Å². The Morgan fingerprint density at radius 1 is 1.32 bits per heavy atom. The molecule has 0 spiro atoms. The van der Waals surface area contributed by atoms with Crippen molar-refractivity contribution in [3.63, 3.8) is 0 Å². The highest BCUT2D eigenvalue weighted by atomic mass is 35.5. The largest absolute Gasteiger partial charge is 0.508 e. The zero-order valence-electron chi connectivity index (χ0n) is 13.6. The maximum atomic E-state index is 9.90. The molecule has 1 fully saturated rings. The first kappa shape index (κ1) is 16.1. The molecule has 0 unspecified atom stereocenters. The van der Waals surface area contributed by atoms with Crippen LogP contribution in [0, 0.1) is 0 Å². The minimum absolute atomic E-state index is 0.114. The number of hydrogen-bond donors (Lipinski definition) is 2. The monoisotopic (exact) mass is 355 g/mol. The summed E-state index contributed by atoms with van der Waals surface area (Å²) in [6.07, 6.45) is 7.56. The van der Waals surface area contributed by atoms with E-state index in [0.717, 1.165) is 42.0 Å². The number of benzene rings is 1. The van der Waals surface area contributed by atoms with Crippen molar-refractivity contribution in [1.82, 2.24) is 25.1 Å². The summed E-state index contributed by atoms with van der Waals surface area (Å²) < 4.78 is 1.94. The average molecular weight is 356 g/mol. The van der Waals surface area contributed by atoms with Crippen LogP contribution in [0.2, 0.25) is 5.02 Å². The van der Waals surface area contributed by atoms with E-state index < -0.39 is 0 Å². The molecule has 0 radical (unpaired) electrons. The lowest BCUT2D eigenvalue weighted by Gasteiger charge is -2.09. The van der Waals surface area contributed by atoms with Crippen LogP contribution in [-0.4, -0.2) is 37.4 Å². The topological polar surface area (TPSA) is 75.9 Å². The predicted molar refractivity (Wildman–Crippen MR) is 96.4 cm³/mol. The van der Waals surface area contributed by atoms with E-state index in [-0.39, 0.29) is 5.75 Å². The van der Waals surface area contributed by atoms with E-state index in [1.54, 1.807) is 18.3 Å². The number of phenols is 1. The van der Waals surface area contributed by atoms with E-state index in [4.69, 9.17) is 16.7 Å². The molecule has 1 saturated heterocycles. The number of halogens is 1. The van der Waals surface area contributed by atoms with Crippen molar-refractivity contribution in [2.75, 3.05) is 6.54 Å². The highest BCUT2D eigenvalue weighted by Crippen LogP contribution is 2.33. The first-order valence-electron chi connectivity index (χ1n) is 8.26. The first-order chi connectivity index (χ1) is 12.2. The van der Waals surface area contributed by atoms with Crippen molar-refractivity contribution in [1.29, 1.82) is 0 Å². The highest BCUT2D eigenvalue weighted by molar-refractivity contribution is 6.31. The van der Waals surface area contributed by atoms with E-state index >= 15 is 0 Å². The van der Waals surface area contributed by atoms with Gasteiger partial charge in [-0.15, -0.1) is 0 Å². The second-order valence-corrected chi connectivity index (χ2v) is 6.64. The van der Waals surface area contributed by atoms with E-state index in [1.807, 2.05) is 16.9 Å². The first-order valence-corrected chi connectivity index (χ1v) is 8.64. The van der Waals surface area contributed by atoms with Gasteiger partial charge in [0.05, 0.1) is 12.2 Å². The van der Waals surface area contributed by atoms with Gasteiger partial charge in [-0.25, -0.2) is 9.97 Å². The summed E-state index contributed by atoms with van der Waals surface area (Å²) >= 11 is 6.11. The summed E-state index contributed by atoms with van der Waals surface area (Å²) in [5.41, 5.74) is 3.18. The summed E-state index contributed by atoms with van der Waals surface area (Å²) in [5.74, 6) is 0.114. The second kappa shape index (κ2) is 6.82. The van der Waals surface area contributed by atoms with Gasteiger partial charge in [-0.3, -0.25) is 4.68 Å². The molecule has 2 N–H and O–H groups in total. The number of phenolic OH excluding ortho intramolecular Hbond substituents is 1. The Bertz CT molecular complexity index is 854. The minimum Gasteiger partial charge on any atom is -0.508 e. The number of nitrogens with one attached hydrogen (secondary N) is 1. The lowest BCUT2D eigenvalue weighted by molar-refractivity contribution is 0.474. The molecule has 0 aliphatic carbocycles. The summed E-state index contributed by atoms with van der Waals surface area (Å²) in [4.78, 5) is 8.33. The van der Waals surface area contributed by atoms with Gasteiger partial charge in [0.15, 0.2) is 0 Å². The molecule has 2 aromatic heterocycles. The van der Waals surface area contributed by atoms with Crippen LogP contribution < -0.4 is 5.32 Å². The van der Waals surface area contributed by atoms with Crippen molar-refractivity contribution in [2.24, 2.45) is 0 Å². The lowest BCUT2D eigenvalue weighted by Crippen LogP contribution is -2.26. The Kier molecular flexibility index (Phi) is 4.38. The molecule has 1 atom stereocenters. The Balaban J connectivity index is 1.78. The van der Waals surface area contributed by atoms with E-state index in [1.165, 1.54) is 18.8 Å². The molecule has 128 valence electrons. The fraction of sp³-hybridized carbons (Fsp3) is 0.278. The van der Waals surface area contributed by atoms with E-state index in [2.05, 4.69) is 15.3 Å². The van der Waals surface area contributed by atoms with Crippen LogP contribution in [0.15, 0.2) is 43.0 Å². The van der Waals surface area contributed by atoms with Crippen molar-refractivity contribution in [3.8, 4) is 28.3 Å². The molecule has 1 aromatic carbocycles. The molecule has 1 aliphatic rings. The summed E-state index contributed by atoms with van der Waals surface area (Å²) in [5, 5.41) is 18.6. The number of aromatic hydroxyl groups is 1. The van der Waals surface area contributed by atoms with Gasteiger partial charge in [-0.05, 0) is 43.7 Å². The fourth-order valence-electron chi connectivity index (χ4n) is 3.21. The third kappa shape index (κ3) is 3.50. The van der Waals surface area contributed by atoms with Gasteiger partial charge < -0.3 is 10.4 Å². The maximum Gasteiger partial charge on any atom is 0.117 e. The Labute approximate surface area is 150 Å². The Morgan fingerprint density at radius 2 is 2.24 bits per heavy atom. The maximum absolute atomic E-state index is 9.90. The van der Waals surface area contributed by atoms with Crippen molar-refractivity contribution >= 4 is 11.6 Å². The lowest BCUT2D eigenvalue weighted by atomic mass is 10.1. The molecule has 7 heteroatoms.